The van der Waals surface area contributed by atoms with Crippen molar-refractivity contribution in [2.24, 2.45) is 0 Å². The van der Waals surface area contributed by atoms with Gasteiger partial charge in [0.25, 0.3) is 5.69 Å². The number of aromatic nitrogens is 2. The van der Waals surface area contributed by atoms with Crippen molar-refractivity contribution >= 4 is 16.6 Å². The molecule has 15 heavy (non-hydrogen) atoms. The van der Waals surface area contributed by atoms with E-state index < -0.39 is 4.92 Å². The number of nitro benzene ring substituents is 1. The predicted octanol–water partition coefficient (Wildman–Crippen LogP) is 1.01. The van der Waals surface area contributed by atoms with Gasteiger partial charge in [-0.05, 0) is 6.07 Å². The molecule has 0 atom stereocenters. The molecule has 1 aromatic carbocycles. The molecule has 0 aliphatic rings. The van der Waals surface area contributed by atoms with Crippen molar-refractivity contribution in [3.8, 4) is 0 Å². The maximum Gasteiger partial charge on any atom is 0.274 e. The lowest BCUT2D eigenvalue weighted by Crippen LogP contribution is -1.98. The van der Waals surface area contributed by atoms with Gasteiger partial charge in [-0.1, -0.05) is 0 Å². The molecule has 0 spiro atoms. The first kappa shape index (κ1) is 9.60. The second-order valence-electron chi connectivity index (χ2n) is 3.17. The van der Waals surface area contributed by atoms with Crippen LogP contribution in [0.3, 0.4) is 0 Å². The number of nitrogens with zero attached hydrogens (tertiary/aromatic N) is 2. The van der Waals surface area contributed by atoms with E-state index >= 15 is 0 Å². The number of nitrogens with one attached hydrogen (secondary N) is 1. The van der Waals surface area contributed by atoms with Crippen LogP contribution in [0.4, 0.5) is 5.69 Å². The Labute approximate surface area is 84.7 Å². The molecule has 0 bridgehead atoms. The topological polar surface area (TPSA) is 92.0 Å². The Hall–Kier alpha value is -1.95. The zero-order chi connectivity index (χ0) is 10.8. The first-order valence-corrected chi connectivity index (χ1v) is 4.43. The number of nitro groups is 1. The highest BCUT2D eigenvalue weighted by Crippen LogP contribution is 2.24. The first-order chi connectivity index (χ1) is 7.22. The van der Waals surface area contributed by atoms with E-state index in [1.165, 1.54) is 6.07 Å². The van der Waals surface area contributed by atoms with E-state index in [9.17, 15) is 10.1 Å². The molecule has 0 amide bonds. The molecule has 2 rings (SSSR count). The quantitative estimate of drug-likeness (QED) is 0.580. The van der Waals surface area contributed by atoms with Crippen LogP contribution in [-0.4, -0.2) is 26.8 Å². The fourth-order valence-electron chi connectivity index (χ4n) is 1.52. The molecular weight excluding hydrogens is 198 g/mol. The summed E-state index contributed by atoms with van der Waals surface area (Å²) in [4.78, 5) is 10.3. The standard InChI is InChI=1S/C9H9N3O3/c13-2-1-6-3-7-5-10-11-8(7)4-9(6)12(14)15/h3-5,13H,1-2H2,(H,10,11). The Kier molecular flexibility index (Phi) is 2.34. The van der Waals surface area contributed by atoms with Crippen LogP contribution in [0.25, 0.3) is 10.9 Å². The number of fused-ring (bicyclic) bond motifs is 1. The average Bonchev–Trinajstić information content (AvgIpc) is 2.63. The summed E-state index contributed by atoms with van der Waals surface area (Å²) in [6.45, 7) is -0.107. The van der Waals surface area contributed by atoms with Crippen LogP contribution in [0, 0.1) is 10.1 Å². The van der Waals surface area contributed by atoms with Gasteiger partial charge in [-0.2, -0.15) is 5.10 Å². The summed E-state index contributed by atoms with van der Waals surface area (Å²) in [6, 6.07) is 3.11. The first-order valence-electron chi connectivity index (χ1n) is 4.43. The van der Waals surface area contributed by atoms with E-state index in [0.29, 0.717) is 11.1 Å². The van der Waals surface area contributed by atoms with E-state index in [4.69, 9.17) is 5.11 Å². The molecule has 0 radical (unpaired) electrons. The summed E-state index contributed by atoms with van der Waals surface area (Å²) in [6.07, 6.45) is 1.87. The molecule has 6 nitrogen and oxygen atoms in total. The number of H-pyrrole nitrogens is 1. The summed E-state index contributed by atoms with van der Waals surface area (Å²) in [5.41, 5.74) is 1.17. The zero-order valence-corrected chi connectivity index (χ0v) is 7.80. The van der Waals surface area contributed by atoms with Gasteiger partial charge >= 0.3 is 0 Å². The number of benzene rings is 1. The van der Waals surface area contributed by atoms with Crippen LogP contribution in [0.5, 0.6) is 0 Å². The van der Waals surface area contributed by atoms with E-state index in [-0.39, 0.29) is 18.7 Å². The predicted molar refractivity (Wildman–Crippen MR) is 53.5 cm³/mol. The Morgan fingerprint density at radius 2 is 2.33 bits per heavy atom. The van der Waals surface area contributed by atoms with Gasteiger partial charge in [0.1, 0.15) is 0 Å². The number of aliphatic hydroxyl groups is 1. The number of aliphatic hydroxyl groups excluding tert-OH is 1. The van der Waals surface area contributed by atoms with E-state index in [2.05, 4.69) is 10.2 Å². The lowest BCUT2D eigenvalue weighted by Gasteiger charge is -2.00. The van der Waals surface area contributed by atoms with Gasteiger partial charge in [0.2, 0.25) is 0 Å². The Bertz CT molecular complexity index is 506. The number of aromatic amines is 1. The van der Waals surface area contributed by atoms with Gasteiger partial charge in [0.05, 0.1) is 16.6 Å². The fourth-order valence-corrected chi connectivity index (χ4v) is 1.52. The third-order valence-electron chi connectivity index (χ3n) is 2.22. The molecule has 0 aliphatic carbocycles. The molecule has 78 valence electrons. The smallest absolute Gasteiger partial charge is 0.274 e. The summed E-state index contributed by atoms with van der Waals surface area (Å²) in [5.74, 6) is 0. The second-order valence-corrected chi connectivity index (χ2v) is 3.17. The minimum Gasteiger partial charge on any atom is -0.396 e. The molecule has 0 saturated carbocycles. The molecule has 6 heteroatoms. The largest absolute Gasteiger partial charge is 0.396 e. The third-order valence-corrected chi connectivity index (χ3v) is 2.22. The molecule has 2 N–H and O–H groups in total. The SMILES string of the molecule is O=[N+]([O-])c1cc2[nH]ncc2cc1CCO. The van der Waals surface area contributed by atoms with Crippen molar-refractivity contribution in [3.05, 3.63) is 34.0 Å². The van der Waals surface area contributed by atoms with Crippen molar-refractivity contribution in [2.75, 3.05) is 6.61 Å². The Balaban J connectivity index is 2.62. The molecule has 0 fully saturated rings. The number of hydrogen-bond acceptors (Lipinski definition) is 4. The molecule has 0 aliphatic heterocycles. The summed E-state index contributed by atoms with van der Waals surface area (Å²) in [7, 11) is 0. The van der Waals surface area contributed by atoms with Crippen LogP contribution in [0.1, 0.15) is 5.56 Å². The summed E-state index contributed by atoms with van der Waals surface area (Å²) >= 11 is 0. The zero-order valence-electron chi connectivity index (χ0n) is 7.80. The van der Waals surface area contributed by atoms with E-state index in [0.717, 1.165) is 5.39 Å². The van der Waals surface area contributed by atoms with Crippen LogP contribution >= 0.6 is 0 Å². The van der Waals surface area contributed by atoms with Crippen molar-refractivity contribution in [2.45, 2.75) is 6.42 Å². The molecule has 0 saturated heterocycles. The molecule has 0 unspecified atom stereocenters. The Morgan fingerprint density at radius 3 is 3.00 bits per heavy atom. The maximum atomic E-state index is 10.8. The van der Waals surface area contributed by atoms with Crippen molar-refractivity contribution in [3.63, 3.8) is 0 Å². The van der Waals surface area contributed by atoms with Gasteiger partial charge in [0, 0.05) is 30.0 Å². The molecule has 2 aromatic rings. The minimum atomic E-state index is -0.453. The number of rotatable bonds is 3. The van der Waals surface area contributed by atoms with E-state index in [1.807, 2.05) is 0 Å². The van der Waals surface area contributed by atoms with Gasteiger partial charge in [-0.25, -0.2) is 0 Å². The van der Waals surface area contributed by atoms with Gasteiger partial charge in [-0.3, -0.25) is 15.2 Å². The van der Waals surface area contributed by atoms with Crippen LogP contribution in [0.2, 0.25) is 0 Å². The lowest BCUT2D eigenvalue weighted by molar-refractivity contribution is -0.385. The monoisotopic (exact) mass is 207 g/mol. The second kappa shape index (κ2) is 3.66. The fraction of sp³-hybridized carbons (Fsp3) is 0.222. The highest BCUT2D eigenvalue weighted by Gasteiger charge is 2.15. The van der Waals surface area contributed by atoms with Crippen LogP contribution in [0.15, 0.2) is 18.3 Å². The Morgan fingerprint density at radius 1 is 1.53 bits per heavy atom. The van der Waals surface area contributed by atoms with Crippen LogP contribution < -0.4 is 0 Å². The van der Waals surface area contributed by atoms with Gasteiger partial charge in [0.15, 0.2) is 0 Å². The number of hydrogen-bond donors (Lipinski definition) is 2. The lowest BCUT2D eigenvalue weighted by atomic mass is 10.1. The third kappa shape index (κ3) is 1.66. The van der Waals surface area contributed by atoms with Crippen molar-refractivity contribution in [1.82, 2.24) is 10.2 Å². The van der Waals surface area contributed by atoms with Crippen molar-refractivity contribution < 1.29 is 10.0 Å². The van der Waals surface area contributed by atoms with Crippen LogP contribution in [-0.2, 0) is 6.42 Å². The van der Waals surface area contributed by atoms with Gasteiger partial charge in [-0.15, -0.1) is 0 Å². The normalized spacial score (nSPS) is 10.7. The minimum absolute atomic E-state index is 0.0146. The molecular formula is C9H9N3O3. The van der Waals surface area contributed by atoms with Crippen molar-refractivity contribution in [1.29, 1.82) is 0 Å². The summed E-state index contributed by atoms with van der Waals surface area (Å²) in [5, 5.41) is 26.8. The highest BCUT2D eigenvalue weighted by molar-refractivity contribution is 5.81. The highest BCUT2D eigenvalue weighted by atomic mass is 16.6. The average molecular weight is 207 g/mol. The summed E-state index contributed by atoms with van der Waals surface area (Å²) < 4.78 is 0. The molecule has 1 aromatic heterocycles. The van der Waals surface area contributed by atoms with Gasteiger partial charge < -0.3 is 5.11 Å². The van der Waals surface area contributed by atoms with E-state index in [1.54, 1.807) is 12.3 Å². The molecule has 1 heterocycles. The maximum absolute atomic E-state index is 10.8.